The van der Waals surface area contributed by atoms with Crippen LogP contribution in [0.5, 0.6) is 17.2 Å². The number of esters is 1. The van der Waals surface area contributed by atoms with Gasteiger partial charge in [0.15, 0.2) is 12.4 Å². The van der Waals surface area contributed by atoms with Gasteiger partial charge in [0.05, 0.1) is 7.11 Å². The molecule has 182 valence electrons. The first kappa shape index (κ1) is 25.5. The zero-order valence-electron chi connectivity index (χ0n) is 20.1. The molecule has 0 saturated carbocycles. The highest BCUT2D eigenvalue weighted by Gasteiger charge is 2.11. The number of hydrogen-bond acceptors (Lipinski definition) is 6. The molecule has 0 saturated heterocycles. The zero-order chi connectivity index (χ0) is 25.2. The number of methoxy groups -OCH3 is 1. The van der Waals surface area contributed by atoms with E-state index in [1.165, 1.54) is 12.7 Å². The monoisotopic (exact) mass is 475 g/mol. The Morgan fingerprint density at radius 1 is 0.771 bits per heavy atom. The number of aryl methyl sites for hydroxylation is 2. The first-order valence-corrected chi connectivity index (χ1v) is 11.3. The summed E-state index contributed by atoms with van der Waals surface area (Å²) in [5.41, 5.74) is 3.42. The number of hydrogen-bond donors (Lipinski definition) is 1. The summed E-state index contributed by atoms with van der Waals surface area (Å²) in [4.78, 5) is 36.2. The van der Waals surface area contributed by atoms with Crippen LogP contribution in [0.1, 0.15) is 40.7 Å². The van der Waals surface area contributed by atoms with Gasteiger partial charge in [-0.15, -0.1) is 0 Å². The molecule has 1 N–H and O–H groups in total. The number of amides is 1. The summed E-state index contributed by atoms with van der Waals surface area (Å²) in [7, 11) is 1.54. The van der Waals surface area contributed by atoms with Crippen LogP contribution in [-0.4, -0.2) is 31.4 Å². The van der Waals surface area contributed by atoms with Gasteiger partial charge in [0.1, 0.15) is 17.2 Å². The molecule has 0 atom stereocenters. The Hall–Kier alpha value is -4.13. The molecule has 0 unspecified atom stereocenters. The second-order valence-corrected chi connectivity index (χ2v) is 8.09. The third-order valence-corrected chi connectivity index (χ3v) is 5.41. The maximum Gasteiger partial charge on any atom is 0.306 e. The van der Waals surface area contributed by atoms with E-state index in [0.29, 0.717) is 29.2 Å². The quantitative estimate of drug-likeness (QED) is 0.285. The molecule has 1 amide bonds. The number of rotatable bonds is 11. The van der Waals surface area contributed by atoms with E-state index in [-0.39, 0.29) is 31.1 Å². The summed E-state index contributed by atoms with van der Waals surface area (Å²) in [6, 6.07) is 19.5. The van der Waals surface area contributed by atoms with Gasteiger partial charge in [0, 0.05) is 24.1 Å². The number of carbonyl (C=O) groups excluding carboxylic acids is 3. The summed E-state index contributed by atoms with van der Waals surface area (Å²) >= 11 is 0. The fourth-order valence-corrected chi connectivity index (χ4v) is 3.22. The van der Waals surface area contributed by atoms with Crippen molar-refractivity contribution < 1.29 is 28.6 Å². The second kappa shape index (κ2) is 12.4. The van der Waals surface area contributed by atoms with E-state index >= 15 is 0 Å². The van der Waals surface area contributed by atoms with E-state index in [4.69, 9.17) is 14.2 Å². The van der Waals surface area contributed by atoms with Gasteiger partial charge in [-0.25, -0.2) is 0 Å². The van der Waals surface area contributed by atoms with Crippen LogP contribution in [0.3, 0.4) is 0 Å². The number of Topliss-reactive ketones (excluding diaryl/α,β-unsaturated/α-hetero) is 1. The molecule has 7 nitrogen and oxygen atoms in total. The largest absolute Gasteiger partial charge is 0.497 e. The predicted octanol–water partition coefficient (Wildman–Crippen LogP) is 5.64. The molecule has 7 heteroatoms. The Balaban J connectivity index is 1.36. The topological polar surface area (TPSA) is 90.9 Å². The van der Waals surface area contributed by atoms with Crippen LogP contribution in [0.15, 0.2) is 66.7 Å². The Morgan fingerprint density at radius 2 is 1.43 bits per heavy atom. The van der Waals surface area contributed by atoms with Crippen molar-refractivity contribution in [3.05, 3.63) is 83.4 Å². The molecule has 0 heterocycles. The molecular weight excluding hydrogens is 446 g/mol. The minimum atomic E-state index is -0.521. The summed E-state index contributed by atoms with van der Waals surface area (Å²) in [5.74, 6) is 1.02. The third kappa shape index (κ3) is 7.99. The Morgan fingerprint density at radius 3 is 2.09 bits per heavy atom. The molecule has 0 aliphatic carbocycles. The fraction of sp³-hybridized carbons (Fsp3) is 0.250. The van der Waals surface area contributed by atoms with Crippen molar-refractivity contribution in [1.29, 1.82) is 0 Å². The molecule has 0 aliphatic rings. The van der Waals surface area contributed by atoms with Crippen molar-refractivity contribution in [2.75, 3.05) is 19.0 Å². The van der Waals surface area contributed by atoms with Gasteiger partial charge in [0.25, 0.3) is 0 Å². The Kier molecular flexibility index (Phi) is 9.01. The van der Waals surface area contributed by atoms with Crippen LogP contribution in [0.4, 0.5) is 5.69 Å². The molecule has 0 aromatic heterocycles. The summed E-state index contributed by atoms with van der Waals surface area (Å²) in [5, 5.41) is 2.79. The average Bonchev–Trinajstić information content (AvgIpc) is 2.86. The van der Waals surface area contributed by atoms with Crippen molar-refractivity contribution in [2.24, 2.45) is 0 Å². The summed E-state index contributed by atoms with van der Waals surface area (Å²) < 4.78 is 15.9. The van der Waals surface area contributed by atoms with Crippen molar-refractivity contribution in [2.45, 2.75) is 33.1 Å². The first-order valence-electron chi connectivity index (χ1n) is 11.3. The van der Waals surface area contributed by atoms with Crippen LogP contribution in [0.25, 0.3) is 0 Å². The minimum Gasteiger partial charge on any atom is -0.497 e. The van der Waals surface area contributed by atoms with Gasteiger partial charge in [0.2, 0.25) is 5.91 Å². The zero-order valence-corrected chi connectivity index (χ0v) is 20.1. The highest BCUT2D eigenvalue weighted by Crippen LogP contribution is 2.25. The van der Waals surface area contributed by atoms with Gasteiger partial charge < -0.3 is 19.5 Å². The Labute approximate surface area is 205 Å². The SMILES string of the molecule is COc1ccc(C(=O)COC(=O)CCCC(=O)Nc2ccc(Oc3ccc(C)c(C)c3)cc2)cc1. The molecule has 0 aliphatic heterocycles. The van der Waals surface area contributed by atoms with Crippen molar-refractivity contribution in [1.82, 2.24) is 0 Å². The minimum absolute atomic E-state index is 0.0477. The lowest BCUT2D eigenvalue weighted by atomic mass is 10.1. The average molecular weight is 476 g/mol. The predicted molar refractivity (Wildman–Crippen MR) is 133 cm³/mol. The van der Waals surface area contributed by atoms with E-state index in [0.717, 1.165) is 11.3 Å². The van der Waals surface area contributed by atoms with E-state index in [2.05, 4.69) is 5.32 Å². The van der Waals surface area contributed by atoms with Crippen LogP contribution in [0, 0.1) is 13.8 Å². The molecule has 0 radical (unpaired) electrons. The lowest BCUT2D eigenvalue weighted by Crippen LogP contribution is -2.15. The molecule has 0 fully saturated rings. The maximum absolute atomic E-state index is 12.2. The highest BCUT2D eigenvalue weighted by molar-refractivity contribution is 5.98. The Bertz CT molecular complexity index is 1170. The molecule has 3 aromatic carbocycles. The number of anilines is 1. The molecular formula is C28H29NO6. The molecule has 3 rings (SSSR count). The number of nitrogens with one attached hydrogen (secondary N) is 1. The van der Waals surface area contributed by atoms with Crippen LogP contribution in [-0.2, 0) is 14.3 Å². The lowest BCUT2D eigenvalue weighted by Gasteiger charge is -2.09. The van der Waals surface area contributed by atoms with Gasteiger partial charge in [-0.1, -0.05) is 6.07 Å². The molecule has 0 bridgehead atoms. The molecule has 35 heavy (non-hydrogen) atoms. The van der Waals surface area contributed by atoms with Crippen molar-refractivity contribution in [3.8, 4) is 17.2 Å². The lowest BCUT2D eigenvalue weighted by molar-refractivity contribution is -0.142. The van der Waals surface area contributed by atoms with Gasteiger partial charge in [-0.05, 0) is 92.1 Å². The first-order chi connectivity index (χ1) is 16.8. The van der Waals surface area contributed by atoms with Crippen LogP contribution >= 0.6 is 0 Å². The smallest absolute Gasteiger partial charge is 0.306 e. The number of ketones is 1. The van der Waals surface area contributed by atoms with Crippen LogP contribution in [0.2, 0.25) is 0 Å². The standard InChI is InChI=1S/C28H29NO6/c1-19-7-12-25(17-20(19)2)35-24-15-10-22(11-16-24)29-27(31)5-4-6-28(32)34-18-26(30)21-8-13-23(33-3)14-9-21/h7-17H,4-6,18H2,1-3H3,(H,29,31). The fourth-order valence-electron chi connectivity index (χ4n) is 3.22. The van der Waals surface area contributed by atoms with Gasteiger partial charge >= 0.3 is 5.97 Å². The van der Waals surface area contributed by atoms with E-state index in [9.17, 15) is 14.4 Å². The number of benzene rings is 3. The van der Waals surface area contributed by atoms with Crippen molar-refractivity contribution in [3.63, 3.8) is 0 Å². The molecule has 3 aromatic rings. The van der Waals surface area contributed by atoms with E-state index in [1.54, 1.807) is 48.5 Å². The van der Waals surface area contributed by atoms with E-state index in [1.807, 2.05) is 32.0 Å². The summed E-state index contributed by atoms with van der Waals surface area (Å²) in [6.45, 7) is 3.74. The van der Waals surface area contributed by atoms with Gasteiger partial charge in [-0.2, -0.15) is 0 Å². The van der Waals surface area contributed by atoms with E-state index < -0.39 is 5.97 Å². The normalized spacial score (nSPS) is 10.4. The van der Waals surface area contributed by atoms with Crippen molar-refractivity contribution >= 4 is 23.3 Å². The third-order valence-electron chi connectivity index (χ3n) is 5.41. The summed E-state index contributed by atoms with van der Waals surface area (Å²) in [6.07, 6.45) is 0.518. The highest BCUT2D eigenvalue weighted by atomic mass is 16.5. The number of ether oxygens (including phenoxy) is 3. The van der Waals surface area contributed by atoms with Gasteiger partial charge in [-0.3, -0.25) is 14.4 Å². The second-order valence-electron chi connectivity index (χ2n) is 8.09. The van der Waals surface area contributed by atoms with Crippen LogP contribution < -0.4 is 14.8 Å². The number of carbonyl (C=O) groups is 3. The maximum atomic E-state index is 12.2. The molecule has 0 spiro atoms.